The molecule has 2 aromatic heterocycles. The molecule has 1 aliphatic rings. The number of rotatable bonds is 2. The lowest BCUT2D eigenvalue weighted by Gasteiger charge is -2.13. The third-order valence-corrected chi connectivity index (χ3v) is 3.09. The Morgan fingerprint density at radius 1 is 1.50 bits per heavy atom. The number of imidazole rings is 1. The van der Waals surface area contributed by atoms with E-state index in [-0.39, 0.29) is 0 Å². The summed E-state index contributed by atoms with van der Waals surface area (Å²) in [5.74, 6) is 2.95. The number of fused-ring (bicyclic) bond motifs is 1. The summed E-state index contributed by atoms with van der Waals surface area (Å²) in [7, 11) is 0. The number of pyridine rings is 1. The molecule has 16 heavy (non-hydrogen) atoms. The Morgan fingerprint density at radius 3 is 3.00 bits per heavy atom. The van der Waals surface area contributed by atoms with Gasteiger partial charge in [-0.3, -0.25) is 4.40 Å². The van der Waals surface area contributed by atoms with Gasteiger partial charge in [0.05, 0.1) is 23.7 Å². The number of aliphatic hydroxyl groups excluding tert-OH is 1. The molecule has 0 spiro atoms. The minimum atomic E-state index is -0.853. The summed E-state index contributed by atoms with van der Waals surface area (Å²) < 4.78 is 1.89. The molecule has 0 aromatic carbocycles. The topological polar surface area (TPSA) is 37.5 Å². The molecule has 0 radical (unpaired) electrons. The molecule has 1 fully saturated rings. The highest BCUT2D eigenvalue weighted by molar-refractivity contribution is 5.50. The quantitative estimate of drug-likeness (QED) is 0.772. The summed E-state index contributed by atoms with van der Waals surface area (Å²) in [4.78, 5) is 4.08. The summed E-state index contributed by atoms with van der Waals surface area (Å²) in [6, 6.07) is 4.08. The first-order valence-corrected chi connectivity index (χ1v) is 5.40. The minimum Gasteiger partial charge on any atom is -0.375 e. The van der Waals surface area contributed by atoms with Crippen LogP contribution in [0.2, 0.25) is 0 Å². The van der Waals surface area contributed by atoms with Crippen molar-refractivity contribution in [3.05, 3.63) is 35.9 Å². The molecule has 2 heterocycles. The molecule has 0 bridgehead atoms. The van der Waals surface area contributed by atoms with Gasteiger partial charge in [0.15, 0.2) is 6.10 Å². The van der Waals surface area contributed by atoms with E-state index in [9.17, 15) is 5.11 Å². The molecule has 3 rings (SSSR count). The lowest BCUT2D eigenvalue weighted by Crippen LogP contribution is -2.06. The molecule has 0 aliphatic heterocycles. The second-order valence-corrected chi connectivity index (χ2v) is 4.21. The van der Waals surface area contributed by atoms with Crippen LogP contribution in [0.3, 0.4) is 0 Å². The van der Waals surface area contributed by atoms with E-state index in [0.717, 1.165) is 16.8 Å². The lowest BCUT2D eigenvalue weighted by atomic mass is 10.0. The Balaban J connectivity index is 2.28. The van der Waals surface area contributed by atoms with E-state index in [1.54, 1.807) is 12.5 Å². The molecular weight excluding hydrogens is 200 g/mol. The van der Waals surface area contributed by atoms with Gasteiger partial charge in [-0.1, -0.05) is 12.0 Å². The van der Waals surface area contributed by atoms with Crippen molar-refractivity contribution in [3.8, 4) is 12.3 Å². The number of aliphatic hydroxyl groups is 1. The molecule has 1 saturated carbocycles. The molecule has 1 aliphatic carbocycles. The predicted molar refractivity (Wildman–Crippen MR) is 61.0 cm³/mol. The van der Waals surface area contributed by atoms with Crippen molar-refractivity contribution >= 4 is 5.52 Å². The Kier molecular flexibility index (Phi) is 1.98. The maximum atomic E-state index is 9.92. The molecule has 1 atom stereocenters. The van der Waals surface area contributed by atoms with Gasteiger partial charge in [-0.05, 0) is 30.4 Å². The second-order valence-electron chi connectivity index (χ2n) is 4.21. The average molecular weight is 212 g/mol. The van der Waals surface area contributed by atoms with Gasteiger partial charge in [0.25, 0.3) is 0 Å². The van der Waals surface area contributed by atoms with Crippen LogP contribution in [0.25, 0.3) is 5.52 Å². The molecule has 3 nitrogen and oxygen atoms in total. The van der Waals surface area contributed by atoms with Crippen LogP contribution in [0, 0.1) is 12.3 Å². The Bertz CT molecular complexity index is 575. The number of hydrogen-bond acceptors (Lipinski definition) is 2. The van der Waals surface area contributed by atoms with Crippen LogP contribution in [-0.2, 0) is 0 Å². The molecule has 1 N–H and O–H groups in total. The molecule has 80 valence electrons. The maximum Gasteiger partial charge on any atom is 0.155 e. The van der Waals surface area contributed by atoms with Crippen LogP contribution in [0.15, 0.2) is 24.7 Å². The molecule has 1 unspecified atom stereocenters. The standard InChI is InChI=1S/C13H12N2O/c1-2-12(16)13-11(9-3-4-9)6-5-10-7-14-8-15(10)13/h1,5-9,12,16H,3-4H2. The van der Waals surface area contributed by atoms with Gasteiger partial charge >= 0.3 is 0 Å². The smallest absolute Gasteiger partial charge is 0.155 e. The Morgan fingerprint density at radius 2 is 2.31 bits per heavy atom. The van der Waals surface area contributed by atoms with Crippen molar-refractivity contribution in [1.29, 1.82) is 0 Å². The zero-order valence-corrected chi connectivity index (χ0v) is 8.80. The normalized spacial score (nSPS) is 17.2. The Labute approximate surface area is 93.7 Å². The summed E-state index contributed by atoms with van der Waals surface area (Å²) in [5, 5.41) is 9.92. The van der Waals surface area contributed by atoms with E-state index < -0.39 is 6.10 Å². The highest BCUT2D eigenvalue weighted by Crippen LogP contribution is 2.43. The van der Waals surface area contributed by atoms with Gasteiger partial charge in [-0.2, -0.15) is 0 Å². The zero-order valence-electron chi connectivity index (χ0n) is 8.80. The SMILES string of the molecule is C#CC(O)c1c(C2CC2)ccc2cncn12. The highest BCUT2D eigenvalue weighted by atomic mass is 16.3. The van der Waals surface area contributed by atoms with Gasteiger partial charge in [-0.25, -0.2) is 4.98 Å². The number of hydrogen-bond donors (Lipinski definition) is 1. The lowest BCUT2D eigenvalue weighted by molar-refractivity contribution is 0.230. The van der Waals surface area contributed by atoms with E-state index >= 15 is 0 Å². The van der Waals surface area contributed by atoms with Crippen LogP contribution >= 0.6 is 0 Å². The van der Waals surface area contributed by atoms with Crippen molar-refractivity contribution < 1.29 is 5.11 Å². The largest absolute Gasteiger partial charge is 0.375 e. The molecular formula is C13H12N2O. The van der Waals surface area contributed by atoms with Crippen molar-refractivity contribution in [2.24, 2.45) is 0 Å². The van der Waals surface area contributed by atoms with Gasteiger partial charge in [0.2, 0.25) is 0 Å². The average Bonchev–Trinajstić information content (AvgIpc) is 3.04. The summed E-state index contributed by atoms with van der Waals surface area (Å²) in [6.07, 6.45) is 10.3. The first kappa shape index (κ1) is 9.44. The van der Waals surface area contributed by atoms with Crippen LogP contribution in [0.5, 0.6) is 0 Å². The van der Waals surface area contributed by atoms with Crippen LogP contribution in [-0.4, -0.2) is 14.5 Å². The van der Waals surface area contributed by atoms with E-state index in [1.165, 1.54) is 12.8 Å². The molecule has 3 heteroatoms. The number of nitrogens with zero attached hydrogens (tertiary/aromatic N) is 2. The van der Waals surface area contributed by atoms with Crippen LogP contribution in [0.1, 0.15) is 36.1 Å². The highest BCUT2D eigenvalue weighted by Gasteiger charge is 2.29. The van der Waals surface area contributed by atoms with Gasteiger partial charge in [0.1, 0.15) is 0 Å². The van der Waals surface area contributed by atoms with E-state index in [4.69, 9.17) is 6.42 Å². The van der Waals surface area contributed by atoms with Gasteiger partial charge < -0.3 is 5.11 Å². The van der Waals surface area contributed by atoms with Crippen LogP contribution < -0.4 is 0 Å². The molecule has 2 aromatic rings. The number of aromatic nitrogens is 2. The molecule has 0 amide bonds. The van der Waals surface area contributed by atoms with E-state index in [2.05, 4.69) is 17.0 Å². The van der Waals surface area contributed by atoms with Gasteiger partial charge in [-0.15, -0.1) is 6.42 Å². The minimum absolute atomic E-state index is 0.560. The third-order valence-electron chi connectivity index (χ3n) is 3.09. The summed E-state index contributed by atoms with van der Waals surface area (Å²) in [5.41, 5.74) is 2.93. The van der Waals surface area contributed by atoms with Crippen molar-refractivity contribution in [1.82, 2.24) is 9.38 Å². The fourth-order valence-electron chi connectivity index (χ4n) is 2.14. The Hall–Kier alpha value is -1.79. The maximum absolute atomic E-state index is 9.92. The third kappa shape index (κ3) is 1.31. The van der Waals surface area contributed by atoms with Crippen molar-refractivity contribution in [2.75, 3.05) is 0 Å². The van der Waals surface area contributed by atoms with E-state index in [0.29, 0.717) is 5.92 Å². The fraction of sp³-hybridized carbons (Fsp3) is 0.308. The summed E-state index contributed by atoms with van der Waals surface area (Å²) in [6.45, 7) is 0. The first-order valence-electron chi connectivity index (χ1n) is 5.40. The number of terminal acetylenes is 1. The van der Waals surface area contributed by atoms with Crippen molar-refractivity contribution in [3.63, 3.8) is 0 Å². The van der Waals surface area contributed by atoms with Crippen LogP contribution in [0.4, 0.5) is 0 Å². The van der Waals surface area contributed by atoms with E-state index in [1.807, 2.05) is 10.5 Å². The summed E-state index contributed by atoms with van der Waals surface area (Å²) >= 11 is 0. The fourth-order valence-corrected chi connectivity index (χ4v) is 2.14. The van der Waals surface area contributed by atoms with Gasteiger partial charge in [0, 0.05) is 0 Å². The molecule has 0 saturated heterocycles. The first-order chi connectivity index (χ1) is 7.81. The van der Waals surface area contributed by atoms with Crippen molar-refractivity contribution in [2.45, 2.75) is 24.9 Å². The predicted octanol–water partition coefficient (Wildman–Crippen LogP) is 1.88. The second kappa shape index (κ2) is 3.36. The zero-order chi connectivity index (χ0) is 11.1. The monoisotopic (exact) mass is 212 g/mol.